The number of hydrogen-bond acceptors (Lipinski definition) is 2. The molecule has 0 radical (unpaired) electrons. The van der Waals surface area contributed by atoms with Crippen molar-refractivity contribution < 1.29 is 9.59 Å². The van der Waals surface area contributed by atoms with Crippen LogP contribution in [0.2, 0.25) is 0 Å². The summed E-state index contributed by atoms with van der Waals surface area (Å²) < 4.78 is 0. The van der Waals surface area contributed by atoms with Crippen molar-refractivity contribution in [2.45, 2.75) is 6.54 Å². The van der Waals surface area contributed by atoms with Gasteiger partial charge in [0, 0.05) is 0 Å². The molecule has 0 bridgehead atoms. The van der Waals surface area contributed by atoms with Crippen LogP contribution in [0.25, 0.3) is 0 Å². The highest BCUT2D eigenvalue weighted by molar-refractivity contribution is 5.98. The number of carbonyl (C=O) groups is 2. The first-order valence-electron chi connectivity index (χ1n) is 4.08. The highest BCUT2D eigenvalue weighted by atomic mass is 16.2. The third-order valence-electron chi connectivity index (χ3n) is 1.87. The average Bonchev–Trinajstić information content (AvgIpc) is 2.51. The van der Waals surface area contributed by atoms with E-state index < -0.39 is 12.1 Å². The number of imide groups is 1. The second-order valence-corrected chi connectivity index (χ2v) is 2.84. The fourth-order valence-corrected chi connectivity index (χ4v) is 1.18. The summed E-state index contributed by atoms with van der Waals surface area (Å²) in [5.74, 6) is 0. The maximum Gasteiger partial charge on any atom is 0.370 e. The van der Waals surface area contributed by atoms with Crippen molar-refractivity contribution in [1.29, 1.82) is 0 Å². The Morgan fingerprint density at radius 3 is 2.14 bits per heavy atom. The molecular formula is C9H7N3O2. The van der Waals surface area contributed by atoms with E-state index in [-0.39, 0.29) is 6.54 Å². The van der Waals surface area contributed by atoms with E-state index in [1.54, 1.807) is 0 Å². The Balaban J connectivity index is 2.13. The second-order valence-electron chi connectivity index (χ2n) is 2.84. The van der Waals surface area contributed by atoms with Gasteiger partial charge in [0.1, 0.15) is 0 Å². The lowest BCUT2D eigenvalue weighted by Gasteiger charge is -2.09. The summed E-state index contributed by atoms with van der Waals surface area (Å²) in [6.07, 6.45) is 0. The van der Waals surface area contributed by atoms with Crippen LogP contribution in [0.15, 0.2) is 40.6 Å². The van der Waals surface area contributed by atoms with Crippen LogP contribution in [0.1, 0.15) is 5.56 Å². The highest BCUT2D eigenvalue weighted by Crippen LogP contribution is 2.12. The Kier molecular flexibility index (Phi) is 2.06. The Labute approximate surface area is 80.1 Å². The first-order valence-corrected chi connectivity index (χ1v) is 4.08. The van der Waals surface area contributed by atoms with Crippen LogP contribution < -0.4 is 0 Å². The number of urea groups is 2. The van der Waals surface area contributed by atoms with Gasteiger partial charge in [-0.05, 0) is 5.56 Å². The second kappa shape index (κ2) is 3.37. The van der Waals surface area contributed by atoms with E-state index in [1.165, 1.54) is 0 Å². The minimum Gasteiger partial charge on any atom is -0.244 e. The molecular weight excluding hydrogens is 182 g/mol. The van der Waals surface area contributed by atoms with Crippen LogP contribution in [0.4, 0.5) is 9.59 Å². The third-order valence-corrected chi connectivity index (χ3v) is 1.87. The smallest absolute Gasteiger partial charge is 0.244 e. The largest absolute Gasteiger partial charge is 0.370 e. The molecule has 0 aliphatic carbocycles. The zero-order valence-corrected chi connectivity index (χ0v) is 7.25. The number of hydrogen-bond donors (Lipinski definition) is 0. The lowest BCUT2D eigenvalue weighted by molar-refractivity contribution is 0.204. The molecule has 0 aromatic heterocycles. The van der Waals surface area contributed by atoms with E-state index in [2.05, 4.69) is 10.2 Å². The SMILES string of the molecule is O=C1N=NC(=O)N1Cc1ccccc1. The lowest BCUT2D eigenvalue weighted by Crippen LogP contribution is -2.27. The normalized spacial score (nSPS) is 15.3. The molecule has 4 amide bonds. The summed E-state index contributed by atoms with van der Waals surface area (Å²) in [5, 5.41) is 6.31. The van der Waals surface area contributed by atoms with Gasteiger partial charge >= 0.3 is 12.1 Å². The van der Waals surface area contributed by atoms with Crippen molar-refractivity contribution in [3.63, 3.8) is 0 Å². The summed E-state index contributed by atoms with van der Waals surface area (Å²) in [7, 11) is 0. The zero-order chi connectivity index (χ0) is 9.97. The van der Waals surface area contributed by atoms with Gasteiger partial charge < -0.3 is 0 Å². The summed E-state index contributed by atoms with van der Waals surface area (Å²) >= 11 is 0. The molecule has 0 atom stereocenters. The summed E-state index contributed by atoms with van der Waals surface area (Å²) in [4.78, 5) is 23.1. The molecule has 70 valence electrons. The van der Waals surface area contributed by atoms with Crippen molar-refractivity contribution in [3.8, 4) is 0 Å². The number of carbonyl (C=O) groups excluding carboxylic acids is 2. The van der Waals surface area contributed by atoms with E-state index >= 15 is 0 Å². The number of rotatable bonds is 2. The van der Waals surface area contributed by atoms with E-state index in [4.69, 9.17) is 0 Å². The number of azo groups is 1. The van der Waals surface area contributed by atoms with Crippen LogP contribution in [0.3, 0.4) is 0 Å². The lowest BCUT2D eigenvalue weighted by atomic mass is 10.2. The van der Waals surface area contributed by atoms with E-state index in [0.29, 0.717) is 0 Å². The molecule has 0 spiro atoms. The average molecular weight is 189 g/mol. The summed E-state index contributed by atoms with van der Waals surface area (Å²) in [6.45, 7) is 0.228. The van der Waals surface area contributed by atoms with Crippen molar-refractivity contribution in [1.82, 2.24) is 4.90 Å². The molecule has 1 aromatic carbocycles. The zero-order valence-electron chi connectivity index (χ0n) is 7.25. The Hall–Kier alpha value is -2.04. The molecule has 14 heavy (non-hydrogen) atoms. The number of amides is 4. The predicted octanol–water partition coefficient (Wildman–Crippen LogP) is 2.19. The fourth-order valence-electron chi connectivity index (χ4n) is 1.18. The molecule has 1 heterocycles. The molecule has 0 N–H and O–H groups in total. The van der Waals surface area contributed by atoms with Crippen LogP contribution in [-0.4, -0.2) is 17.0 Å². The molecule has 1 aliphatic rings. The van der Waals surface area contributed by atoms with E-state index in [0.717, 1.165) is 10.5 Å². The standard InChI is InChI=1S/C9H7N3O2/c13-8-10-11-9(14)12(8)6-7-4-2-1-3-5-7/h1-5H,6H2. The first-order chi connectivity index (χ1) is 6.77. The van der Waals surface area contributed by atoms with E-state index in [1.807, 2.05) is 30.3 Å². The molecule has 1 aliphatic heterocycles. The molecule has 0 fully saturated rings. The maximum atomic E-state index is 11.0. The monoisotopic (exact) mass is 189 g/mol. The van der Waals surface area contributed by atoms with Crippen molar-refractivity contribution in [2.75, 3.05) is 0 Å². The molecule has 5 nitrogen and oxygen atoms in total. The maximum absolute atomic E-state index is 11.0. The quantitative estimate of drug-likeness (QED) is 0.715. The topological polar surface area (TPSA) is 62.1 Å². The van der Waals surface area contributed by atoms with Gasteiger partial charge in [0.05, 0.1) is 6.54 Å². The minimum atomic E-state index is -0.598. The Morgan fingerprint density at radius 1 is 1.00 bits per heavy atom. The summed E-state index contributed by atoms with van der Waals surface area (Å²) in [6, 6.07) is 8.02. The van der Waals surface area contributed by atoms with Crippen molar-refractivity contribution >= 4 is 12.1 Å². The van der Waals surface area contributed by atoms with Crippen molar-refractivity contribution in [2.24, 2.45) is 10.2 Å². The van der Waals surface area contributed by atoms with Gasteiger partial charge in [-0.15, -0.1) is 0 Å². The van der Waals surface area contributed by atoms with Gasteiger partial charge in [-0.1, -0.05) is 40.6 Å². The molecule has 1 aromatic rings. The molecule has 5 heteroatoms. The first kappa shape index (κ1) is 8.55. The number of nitrogens with zero attached hydrogens (tertiary/aromatic N) is 3. The Bertz CT molecular complexity index is 382. The summed E-state index contributed by atoms with van der Waals surface area (Å²) in [5.41, 5.74) is 0.876. The highest BCUT2D eigenvalue weighted by Gasteiger charge is 2.26. The minimum absolute atomic E-state index is 0.228. The Morgan fingerprint density at radius 2 is 1.57 bits per heavy atom. The van der Waals surface area contributed by atoms with Gasteiger partial charge in [-0.3, -0.25) is 0 Å². The van der Waals surface area contributed by atoms with E-state index in [9.17, 15) is 9.59 Å². The molecule has 0 unspecified atom stereocenters. The van der Waals surface area contributed by atoms with Crippen LogP contribution in [0, 0.1) is 0 Å². The molecule has 0 saturated heterocycles. The van der Waals surface area contributed by atoms with Crippen molar-refractivity contribution in [3.05, 3.63) is 35.9 Å². The van der Waals surface area contributed by atoms with Gasteiger partial charge in [0.15, 0.2) is 0 Å². The third kappa shape index (κ3) is 1.52. The predicted molar refractivity (Wildman–Crippen MR) is 47.6 cm³/mol. The van der Waals surface area contributed by atoms with Gasteiger partial charge in [0.25, 0.3) is 0 Å². The van der Waals surface area contributed by atoms with Crippen LogP contribution in [0.5, 0.6) is 0 Å². The van der Waals surface area contributed by atoms with Gasteiger partial charge in [0.2, 0.25) is 0 Å². The van der Waals surface area contributed by atoms with Gasteiger partial charge in [-0.2, -0.15) is 0 Å². The van der Waals surface area contributed by atoms with Crippen LogP contribution >= 0.6 is 0 Å². The molecule has 0 saturated carbocycles. The van der Waals surface area contributed by atoms with Gasteiger partial charge in [-0.25, -0.2) is 14.5 Å². The van der Waals surface area contributed by atoms with Crippen LogP contribution in [-0.2, 0) is 6.54 Å². The number of benzene rings is 1. The fraction of sp³-hybridized carbons (Fsp3) is 0.111. The molecule has 2 rings (SSSR count).